The van der Waals surface area contributed by atoms with Crippen LogP contribution in [0.1, 0.15) is 0 Å². The van der Waals surface area contributed by atoms with E-state index in [1.807, 2.05) is 4.81 Å². The largest absolute Gasteiger partial charge is 0.353 e. The molecule has 2 aliphatic rings. The summed E-state index contributed by atoms with van der Waals surface area (Å²) < 4.78 is 0. The molecular weight excluding hydrogens is 111 g/mol. The zero-order valence-corrected chi connectivity index (χ0v) is 5.51. The molecule has 0 spiro atoms. The maximum absolute atomic E-state index is 5.63. The van der Waals surface area contributed by atoms with Crippen molar-refractivity contribution in [1.82, 2.24) is 10.1 Å². The second kappa shape index (κ2) is 1.99. The van der Waals surface area contributed by atoms with Gasteiger partial charge in [-0.25, -0.2) is 0 Å². The molecule has 0 saturated carbocycles. The summed E-state index contributed by atoms with van der Waals surface area (Å²) in [4.78, 5) is 1.94. The lowest BCUT2D eigenvalue weighted by molar-refractivity contribution is 0.504. The average Bonchev–Trinajstić information content (AvgIpc) is 2.22. The molecule has 0 amide bonds. The predicted octanol–water partition coefficient (Wildman–Crippen LogP) is -0.779. The van der Waals surface area contributed by atoms with Crippen LogP contribution in [0.25, 0.3) is 0 Å². The third kappa shape index (κ3) is 0.884. The van der Waals surface area contributed by atoms with Gasteiger partial charge < -0.3 is 10.1 Å². The number of fused-ring (bicyclic) bond motifs is 1. The maximum Gasteiger partial charge on any atom is 0.182 e. The first kappa shape index (κ1) is 5.75. The van der Waals surface area contributed by atoms with Gasteiger partial charge in [-0.3, -0.25) is 0 Å². The fourth-order valence-corrected chi connectivity index (χ4v) is 1.89. The summed E-state index contributed by atoms with van der Waals surface area (Å²) in [5, 5.41) is 3.36. The number of nitrogens with zero attached hydrogens (tertiary/aromatic N) is 1. The minimum atomic E-state index is 0.843. The van der Waals surface area contributed by atoms with E-state index in [2.05, 4.69) is 5.32 Å². The summed E-state index contributed by atoms with van der Waals surface area (Å²) in [6, 6.07) is 0. The first-order chi connectivity index (χ1) is 4.36. The minimum absolute atomic E-state index is 0.843. The zero-order chi connectivity index (χ0) is 6.27. The molecule has 2 heterocycles. The van der Waals surface area contributed by atoms with Crippen LogP contribution in [0, 0.1) is 11.8 Å². The van der Waals surface area contributed by atoms with Gasteiger partial charge in [-0.15, -0.1) is 0 Å². The highest BCUT2D eigenvalue weighted by molar-refractivity contribution is 6.04. The molecule has 2 rings (SSSR count). The number of nitrogens with one attached hydrogen (secondary N) is 1. The second-order valence-corrected chi connectivity index (χ2v) is 3.13. The van der Waals surface area contributed by atoms with E-state index >= 15 is 0 Å². The summed E-state index contributed by atoms with van der Waals surface area (Å²) in [5.41, 5.74) is 0. The molecule has 48 valence electrons. The van der Waals surface area contributed by atoms with Crippen LogP contribution >= 0.6 is 0 Å². The molecule has 2 atom stereocenters. The van der Waals surface area contributed by atoms with E-state index in [-0.39, 0.29) is 0 Å². The van der Waals surface area contributed by atoms with Crippen LogP contribution in [0.5, 0.6) is 0 Å². The maximum atomic E-state index is 5.63. The fraction of sp³-hybridized carbons (Fsp3) is 1.00. The van der Waals surface area contributed by atoms with Crippen LogP contribution in [-0.2, 0) is 0 Å². The average molecular weight is 122 g/mol. The van der Waals surface area contributed by atoms with Gasteiger partial charge >= 0.3 is 0 Å². The van der Waals surface area contributed by atoms with Crippen molar-refractivity contribution in [2.45, 2.75) is 0 Å². The van der Waals surface area contributed by atoms with Gasteiger partial charge in [0.1, 0.15) is 0 Å². The summed E-state index contributed by atoms with van der Waals surface area (Å²) in [6.07, 6.45) is 0. The topological polar surface area (TPSA) is 15.3 Å². The first-order valence-corrected chi connectivity index (χ1v) is 3.56. The highest BCUT2D eigenvalue weighted by Crippen LogP contribution is 2.24. The molecule has 1 N–H and O–H groups in total. The Bertz CT molecular complexity index is 106. The Morgan fingerprint density at radius 1 is 1.22 bits per heavy atom. The Hall–Kier alpha value is -0.0151. The van der Waals surface area contributed by atoms with Crippen molar-refractivity contribution in [2.75, 3.05) is 26.2 Å². The molecule has 2 fully saturated rings. The van der Waals surface area contributed by atoms with E-state index in [1.54, 1.807) is 0 Å². The van der Waals surface area contributed by atoms with Gasteiger partial charge in [0.05, 0.1) is 0 Å². The van der Waals surface area contributed by atoms with E-state index < -0.39 is 0 Å². The van der Waals surface area contributed by atoms with Crippen molar-refractivity contribution in [2.24, 2.45) is 11.8 Å². The molecule has 2 nitrogen and oxygen atoms in total. The van der Waals surface area contributed by atoms with E-state index in [9.17, 15) is 0 Å². The molecule has 0 aromatic carbocycles. The van der Waals surface area contributed by atoms with Crippen LogP contribution in [-0.4, -0.2) is 39.0 Å². The van der Waals surface area contributed by atoms with Gasteiger partial charge in [0.15, 0.2) is 7.98 Å². The molecule has 3 heteroatoms. The lowest BCUT2D eigenvalue weighted by Gasteiger charge is -2.07. The van der Waals surface area contributed by atoms with Crippen molar-refractivity contribution < 1.29 is 0 Å². The molecule has 0 aromatic heterocycles. The van der Waals surface area contributed by atoms with Crippen LogP contribution < -0.4 is 5.32 Å². The Labute approximate surface area is 57.0 Å². The molecule has 2 saturated heterocycles. The van der Waals surface area contributed by atoms with Crippen molar-refractivity contribution >= 4 is 7.98 Å². The molecule has 9 heavy (non-hydrogen) atoms. The van der Waals surface area contributed by atoms with E-state index in [1.165, 1.54) is 13.1 Å². The van der Waals surface area contributed by atoms with Crippen molar-refractivity contribution in [3.63, 3.8) is 0 Å². The normalized spacial score (nSPS) is 43.6. The van der Waals surface area contributed by atoms with Crippen LogP contribution in [0.15, 0.2) is 0 Å². The summed E-state index contributed by atoms with van der Waals surface area (Å²) in [6.45, 7) is 4.55. The smallest absolute Gasteiger partial charge is 0.182 e. The van der Waals surface area contributed by atoms with E-state index in [0.29, 0.717) is 0 Å². The van der Waals surface area contributed by atoms with Crippen LogP contribution in [0.4, 0.5) is 0 Å². The standard InChI is InChI=1S/C6H11BN2/c7-9-3-5-1-8-2-6(5)4-9/h5-6,8H,1-4H2. The highest BCUT2D eigenvalue weighted by atomic mass is 15.1. The van der Waals surface area contributed by atoms with Gasteiger partial charge in [0.2, 0.25) is 0 Å². The number of rotatable bonds is 0. The highest BCUT2D eigenvalue weighted by Gasteiger charge is 2.33. The minimum Gasteiger partial charge on any atom is -0.353 e. The third-order valence-electron chi connectivity index (χ3n) is 2.42. The summed E-state index contributed by atoms with van der Waals surface area (Å²) in [5.74, 6) is 1.69. The number of hydrogen-bond donors (Lipinski definition) is 1. The quantitative estimate of drug-likeness (QED) is 0.424. The summed E-state index contributed by atoms with van der Waals surface area (Å²) >= 11 is 0. The summed E-state index contributed by atoms with van der Waals surface area (Å²) in [7, 11) is 5.63. The van der Waals surface area contributed by atoms with E-state index in [0.717, 1.165) is 24.9 Å². The zero-order valence-electron chi connectivity index (χ0n) is 5.51. The first-order valence-electron chi connectivity index (χ1n) is 3.56. The second-order valence-electron chi connectivity index (χ2n) is 3.13. The Morgan fingerprint density at radius 3 is 2.33 bits per heavy atom. The Kier molecular flexibility index (Phi) is 1.27. The molecule has 0 bridgehead atoms. The molecule has 2 aliphatic heterocycles. The van der Waals surface area contributed by atoms with Gasteiger partial charge in [-0.05, 0) is 38.0 Å². The Morgan fingerprint density at radius 2 is 1.78 bits per heavy atom. The van der Waals surface area contributed by atoms with Gasteiger partial charge in [-0.2, -0.15) is 0 Å². The van der Waals surface area contributed by atoms with Crippen molar-refractivity contribution in [3.8, 4) is 0 Å². The van der Waals surface area contributed by atoms with Crippen molar-refractivity contribution in [1.29, 1.82) is 0 Å². The van der Waals surface area contributed by atoms with Crippen LogP contribution in [0.3, 0.4) is 0 Å². The van der Waals surface area contributed by atoms with Gasteiger partial charge in [-0.1, -0.05) is 0 Å². The monoisotopic (exact) mass is 122 g/mol. The molecule has 0 aliphatic carbocycles. The molecule has 0 aromatic rings. The van der Waals surface area contributed by atoms with Gasteiger partial charge in [0.25, 0.3) is 0 Å². The SMILES string of the molecule is [B]N1CC2CNCC2C1. The van der Waals surface area contributed by atoms with Crippen molar-refractivity contribution in [3.05, 3.63) is 0 Å². The van der Waals surface area contributed by atoms with Gasteiger partial charge in [0, 0.05) is 0 Å². The Balaban J connectivity index is 2.02. The number of hydrogen-bond acceptors (Lipinski definition) is 2. The predicted molar refractivity (Wildman–Crippen MR) is 37.2 cm³/mol. The fourth-order valence-electron chi connectivity index (χ4n) is 1.89. The molecule has 2 radical (unpaired) electrons. The van der Waals surface area contributed by atoms with Crippen LogP contribution in [0.2, 0.25) is 0 Å². The lowest BCUT2D eigenvalue weighted by Crippen LogP contribution is -2.22. The molecule has 2 unspecified atom stereocenters. The third-order valence-corrected chi connectivity index (χ3v) is 2.42. The lowest BCUT2D eigenvalue weighted by atomic mass is 10.0. The van der Waals surface area contributed by atoms with E-state index in [4.69, 9.17) is 7.98 Å². The molecular formula is C6H11BN2.